The van der Waals surface area contributed by atoms with Crippen LogP contribution in [0.3, 0.4) is 0 Å². The molecule has 0 saturated carbocycles. The molecule has 132 valence electrons. The lowest BCUT2D eigenvalue weighted by atomic mass is 10.2. The summed E-state index contributed by atoms with van der Waals surface area (Å²) in [5, 5.41) is 8.56. The topological polar surface area (TPSA) is 79.5 Å². The number of nitrogens with one attached hydrogen (secondary N) is 3. The van der Waals surface area contributed by atoms with Gasteiger partial charge in [0, 0.05) is 30.1 Å². The monoisotopic (exact) mass is 341 g/mol. The molecule has 0 fully saturated rings. The molecule has 0 bridgehead atoms. The minimum Gasteiger partial charge on any atom is -0.494 e. The molecule has 0 atom stereocenters. The van der Waals surface area contributed by atoms with Crippen LogP contribution in [-0.4, -0.2) is 25.0 Å². The summed E-state index contributed by atoms with van der Waals surface area (Å²) >= 11 is 0. The zero-order valence-electron chi connectivity index (χ0n) is 14.5. The van der Waals surface area contributed by atoms with Gasteiger partial charge in [-0.2, -0.15) is 0 Å². The summed E-state index contributed by atoms with van der Waals surface area (Å²) in [4.78, 5) is 23.0. The molecule has 2 aromatic carbocycles. The second-order valence-electron chi connectivity index (χ2n) is 5.54. The lowest BCUT2D eigenvalue weighted by Crippen LogP contribution is -2.21. The molecule has 6 heteroatoms. The molecule has 2 rings (SSSR count). The minimum atomic E-state index is -0.154. The van der Waals surface area contributed by atoms with Crippen molar-refractivity contribution in [3.8, 4) is 5.75 Å². The average molecular weight is 341 g/mol. The van der Waals surface area contributed by atoms with Crippen LogP contribution in [0.2, 0.25) is 0 Å². The Morgan fingerprint density at radius 2 is 1.68 bits per heavy atom. The minimum absolute atomic E-state index is 0.120. The van der Waals surface area contributed by atoms with Gasteiger partial charge in [0.25, 0.3) is 0 Å². The van der Waals surface area contributed by atoms with E-state index >= 15 is 0 Å². The Bertz CT molecular complexity index is 714. The van der Waals surface area contributed by atoms with Crippen LogP contribution in [0.1, 0.15) is 20.3 Å². The molecule has 2 aromatic rings. The van der Waals surface area contributed by atoms with Crippen LogP contribution in [0, 0.1) is 0 Å². The maximum Gasteiger partial charge on any atom is 0.243 e. The van der Waals surface area contributed by atoms with Gasteiger partial charge in [-0.25, -0.2) is 0 Å². The first-order valence-corrected chi connectivity index (χ1v) is 8.21. The third-order valence-corrected chi connectivity index (χ3v) is 3.25. The van der Waals surface area contributed by atoms with Gasteiger partial charge in [-0.15, -0.1) is 0 Å². The van der Waals surface area contributed by atoms with Crippen molar-refractivity contribution in [1.29, 1.82) is 0 Å². The van der Waals surface area contributed by atoms with E-state index in [1.807, 2.05) is 25.1 Å². The molecule has 0 spiro atoms. The molecule has 6 nitrogen and oxygen atoms in total. The Hall–Kier alpha value is -3.02. The smallest absolute Gasteiger partial charge is 0.243 e. The Balaban J connectivity index is 1.83. The van der Waals surface area contributed by atoms with E-state index in [0.717, 1.165) is 17.9 Å². The quantitative estimate of drug-likeness (QED) is 0.687. The Morgan fingerprint density at radius 1 is 0.960 bits per heavy atom. The van der Waals surface area contributed by atoms with Crippen molar-refractivity contribution >= 4 is 28.9 Å². The van der Waals surface area contributed by atoms with E-state index in [1.54, 1.807) is 30.3 Å². The van der Waals surface area contributed by atoms with Crippen molar-refractivity contribution in [2.75, 3.05) is 29.1 Å². The molecule has 0 radical (unpaired) electrons. The summed E-state index contributed by atoms with van der Waals surface area (Å²) < 4.78 is 5.55. The molecule has 0 saturated heterocycles. The van der Waals surface area contributed by atoms with E-state index in [0.29, 0.717) is 18.0 Å². The molecule has 25 heavy (non-hydrogen) atoms. The third kappa shape index (κ3) is 6.55. The fourth-order valence-electron chi connectivity index (χ4n) is 2.15. The number of benzene rings is 2. The van der Waals surface area contributed by atoms with Gasteiger partial charge in [0.15, 0.2) is 0 Å². The highest BCUT2D eigenvalue weighted by molar-refractivity contribution is 5.94. The molecule has 0 unspecified atom stereocenters. The van der Waals surface area contributed by atoms with Crippen LogP contribution >= 0.6 is 0 Å². The molecule has 0 heterocycles. The molecule has 2 amide bonds. The van der Waals surface area contributed by atoms with Crippen molar-refractivity contribution in [2.45, 2.75) is 20.3 Å². The summed E-state index contributed by atoms with van der Waals surface area (Å²) in [6, 6.07) is 14.5. The van der Waals surface area contributed by atoms with Crippen LogP contribution in [0.25, 0.3) is 0 Å². The third-order valence-electron chi connectivity index (χ3n) is 3.25. The van der Waals surface area contributed by atoms with E-state index < -0.39 is 0 Å². The molecule has 0 aliphatic heterocycles. The van der Waals surface area contributed by atoms with Gasteiger partial charge in [0.05, 0.1) is 13.2 Å². The van der Waals surface area contributed by atoms with Crippen LogP contribution in [0.15, 0.2) is 48.5 Å². The molecule has 0 aliphatic rings. The summed E-state index contributed by atoms with van der Waals surface area (Å²) in [7, 11) is 0. The van der Waals surface area contributed by atoms with Gasteiger partial charge < -0.3 is 20.7 Å². The van der Waals surface area contributed by atoms with Crippen molar-refractivity contribution in [3.05, 3.63) is 48.5 Å². The first-order valence-electron chi connectivity index (χ1n) is 8.21. The van der Waals surface area contributed by atoms with Gasteiger partial charge in [-0.3, -0.25) is 9.59 Å². The highest BCUT2D eigenvalue weighted by Gasteiger charge is 2.04. The van der Waals surface area contributed by atoms with Crippen LogP contribution in [-0.2, 0) is 9.59 Å². The number of amides is 2. The molecule has 0 aromatic heterocycles. The van der Waals surface area contributed by atoms with E-state index in [9.17, 15) is 9.59 Å². The fourth-order valence-corrected chi connectivity index (χ4v) is 2.15. The number of hydrogen-bond acceptors (Lipinski definition) is 4. The number of carbonyl (C=O) groups excluding carboxylic acids is 2. The summed E-state index contributed by atoms with van der Waals surface area (Å²) in [5.41, 5.74) is 2.21. The molecule has 0 aliphatic carbocycles. The van der Waals surface area contributed by atoms with Crippen molar-refractivity contribution in [1.82, 2.24) is 0 Å². The van der Waals surface area contributed by atoms with Gasteiger partial charge in [-0.05, 0) is 42.8 Å². The predicted molar refractivity (Wildman–Crippen MR) is 100 cm³/mol. The van der Waals surface area contributed by atoms with E-state index in [-0.39, 0.29) is 18.4 Å². The summed E-state index contributed by atoms with van der Waals surface area (Å²) in [6.07, 6.45) is 0.932. The molecular formula is C19H23N3O3. The first kappa shape index (κ1) is 18.3. The highest BCUT2D eigenvalue weighted by atomic mass is 16.5. The number of rotatable bonds is 8. The maximum atomic E-state index is 12.1. The zero-order chi connectivity index (χ0) is 18.1. The van der Waals surface area contributed by atoms with E-state index in [2.05, 4.69) is 16.0 Å². The van der Waals surface area contributed by atoms with Crippen LogP contribution in [0.5, 0.6) is 5.75 Å². The largest absolute Gasteiger partial charge is 0.494 e. The van der Waals surface area contributed by atoms with E-state index in [4.69, 9.17) is 4.74 Å². The van der Waals surface area contributed by atoms with Crippen LogP contribution < -0.4 is 20.7 Å². The lowest BCUT2D eigenvalue weighted by Gasteiger charge is -2.10. The lowest BCUT2D eigenvalue weighted by molar-refractivity contribution is -0.115. The second kappa shape index (κ2) is 9.32. The predicted octanol–water partition coefficient (Wildman–Crippen LogP) is 3.48. The van der Waals surface area contributed by atoms with Gasteiger partial charge in [-0.1, -0.05) is 13.0 Å². The maximum absolute atomic E-state index is 12.1. The highest BCUT2D eigenvalue weighted by Crippen LogP contribution is 2.18. The zero-order valence-corrected chi connectivity index (χ0v) is 14.5. The SMILES string of the molecule is CCCOc1cccc(NC(=O)CNc2ccc(NC(C)=O)cc2)c1. The Kier molecular flexibility index (Phi) is 6.83. The van der Waals surface area contributed by atoms with Crippen molar-refractivity contribution in [3.63, 3.8) is 0 Å². The van der Waals surface area contributed by atoms with Gasteiger partial charge >= 0.3 is 0 Å². The van der Waals surface area contributed by atoms with Crippen molar-refractivity contribution in [2.24, 2.45) is 0 Å². The summed E-state index contributed by atoms with van der Waals surface area (Å²) in [5.74, 6) is 0.463. The van der Waals surface area contributed by atoms with E-state index in [1.165, 1.54) is 6.92 Å². The standard InChI is InChI=1S/C19H23N3O3/c1-3-11-25-18-6-4-5-17(12-18)22-19(24)13-20-15-7-9-16(10-8-15)21-14(2)23/h4-10,12,20H,3,11,13H2,1-2H3,(H,21,23)(H,22,24). The Morgan fingerprint density at radius 3 is 2.36 bits per heavy atom. The second-order valence-corrected chi connectivity index (χ2v) is 5.54. The average Bonchev–Trinajstić information content (AvgIpc) is 2.59. The normalized spacial score (nSPS) is 10.0. The number of hydrogen-bond donors (Lipinski definition) is 3. The fraction of sp³-hybridized carbons (Fsp3) is 0.263. The molecular weight excluding hydrogens is 318 g/mol. The van der Waals surface area contributed by atoms with Crippen molar-refractivity contribution < 1.29 is 14.3 Å². The van der Waals surface area contributed by atoms with Gasteiger partial charge in [0.2, 0.25) is 11.8 Å². The Labute approximate surface area is 147 Å². The molecule has 3 N–H and O–H groups in total. The number of ether oxygens (including phenoxy) is 1. The first-order chi connectivity index (χ1) is 12.1. The van der Waals surface area contributed by atoms with Crippen LogP contribution in [0.4, 0.5) is 17.1 Å². The number of anilines is 3. The van der Waals surface area contributed by atoms with Gasteiger partial charge in [0.1, 0.15) is 5.75 Å². The summed E-state index contributed by atoms with van der Waals surface area (Å²) in [6.45, 7) is 4.28. The number of carbonyl (C=O) groups is 2.